The Morgan fingerprint density at radius 2 is 1.65 bits per heavy atom. The van der Waals surface area contributed by atoms with Crippen LogP contribution in [-0.4, -0.2) is 0 Å². The summed E-state index contributed by atoms with van der Waals surface area (Å²) in [6, 6.07) is 8.83. The molecule has 1 nitrogen and oxygen atoms in total. The molecule has 0 fully saturated rings. The molecule has 1 atom stereocenters. The van der Waals surface area contributed by atoms with Gasteiger partial charge in [0, 0.05) is 10.7 Å². The molecule has 0 radical (unpaired) electrons. The Hall–Kier alpha value is -1.54. The first-order valence-corrected chi connectivity index (χ1v) is 7.05. The second kappa shape index (κ2) is 5.84. The predicted molar refractivity (Wildman–Crippen MR) is 84.1 cm³/mol. The Kier molecular flexibility index (Phi) is 4.34. The Bertz CT molecular complexity index is 614. The fourth-order valence-electron chi connectivity index (χ4n) is 2.55. The molecule has 0 spiro atoms. The standard InChI is InChI=1S/C17H19ClFN/c1-10-7-11(2)17(12(3)8-10)20-13(4)15-6-5-14(19)9-16(15)18/h5-9,13,20H,1-4H3. The van der Waals surface area contributed by atoms with Crippen molar-refractivity contribution in [2.75, 3.05) is 5.32 Å². The highest BCUT2D eigenvalue weighted by molar-refractivity contribution is 6.31. The van der Waals surface area contributed by atoms with Crippen LogP contribution >= 0.6 is 11.6 Å². The number of aryl methyl sites for hydroxylation is 3. The van der Waals surface area contributed by atoms with E-state index in [-0.39, 0.29) is 11.9 Å². The maximum atomic E-state index is 13.1. The monoisotopic (exact) mass is 291 g/mol. The highest BCUT2D eigenvalue weighted by atomic mass is 35.5. The van der Waals surface area contributed by atoms with Crippen LogP contribution in [0.15, 0.2) is 30.3 Å². The van der Waals surface area contributed by atoms with Crippen molar-refractivity contribution in [3.05, 3.63) is 63.4 Å². The lowest BCUT2D eigenvalue weighted by Crippen LogP contribution is -2.10. The Balaban J connectivity index is 2.30. The van der Waals surface area contributed by atoms with Crippen molar-refractivity contribution in [2.24, 2.45) is 0 Å². The van der Waals surface area contributed by atoms with Gasteiger partial charge in [-0.2, -0.15) is 0 Å². The maximum absolute atomic E-state index is 13.1. The highest BCUT2D eigenvalue weighted by Gasteiger charge is 2.13. The van der Waals surface area contributed by atoms with Gasteiger partial charge < -0.3 is 5.32 Å². The molecule has 0 heterocycles. The van der Waals surface area contributed by atoms with Crippen LogP contribution in [0.5, 0.6) is 0 Å². The van der Waals surface area contributed by atoms with E-state index in [0.717, 1.165) is 11.3 Å². The zero-order valence-electron chi connectivity index (χ0n) is 12.2. The van der Waals surface area contributed by atoms with Crippen molar-refractivity contribution >= 4 is 17.3 Å². The van der Waals surface area contributed by atoms with Gasteiger partial charge in [-0.15, -0.1) is 0 Å². The van der Waals surface area contributed by atoms with E-state index < -0.39 is 0 Å². The Morgan fingerprint density at radius 3 is 2.20 bits per heavy atom. The lowest BCUT2D eigenvalue weighted by molar-refractivity contribution is 0.626. The third-order valence-corrected chi connectivity index (χ3v) is 3.79. The molecule has 0 bridgehead atoms. The highest BCUT2D eigenvalue weighted by Crippen LogP contribution is 2.30. The molecule has 2 aromatic carbocycles. The number of hydrogen-bond donors (Lipinski definition) is 1. The largest absolute Gasteiger partial charge is 0.378 e. The molecule has 20 heavy (non-hydrogen) atoms. The molecule has 1 N–H and O–H groups in total. The van der Waals surface area contributed by atoms with Gasteiger partial charge in [0.25, 0.3) is 0 Å². The topological polar surface area (TPSA) is 12.0 Å². The first-order valence-electron chi connectivity index (χ1n) is 6.68. The molecular weight excluding hydrogens is 273 g/mol. The molecule has 0 saturated heterocycles. The molecular formula is C17H19ClFN. The van der Waals surface area contributed by atoms with E-state index in [2.05, 4.69) is 38.2 Å². The number of benzene rings is 2. The van der Waals surface area contributed by atoms with Crippen LogP contribution in [0.3, 0.4) is 0 Å². The van der Waals surface area contributed by atoms with E-state index in [4.69, 9.17) is 11.6 Å². The third-order valence-electron chi connectivity index (χ3n) is 3.47. The van der Waals surface area contributed by atoms with Crippen LogP contribution in [0.4, 0.5) is 10.1 Å². The fourth-order valence-corrected chi connectivity index (χ4v) is 2.89. The van der Waals surface area contributed by atoms with Gasteiger partial charge in [0.1, 0.15) is 5.82 Å². The molecule has 2 aromatic rings. The number of rotatable bonds is 3. The Morgan fingerprint density at radius 1 is 1.05 bits per heavy atom. The minimum atomic E-state index is -0.311. The average molecular weight is 292 g/mol. The quantitative estimate of drug-likeness (QED) is 0.778. The zero-order valence-corrected chi connectivity index (χ0v) is 13.0. The molecule has 0 aliphatic carbocycles. The zero-order chi connectivity index (χ0) is 14.9. The summed E-state index contributed by atoms with van der Waals surface area (Å²) >= 11 is 6.12. The number of hydrogen-bond acceptors (Lipinski definition) is 1. The van der Waals surface area contributed by atoms with E-state index in [9.17, 15) is 4.39 Å². The van der Waals surface area contributed by atoms with Crippen molar-refractivity contribution in [3.8, 4) is 0 Å². The van der Waals surface area contributed by atoms with Gasteiger partial charge in [0.05, 0.1) is 6.04 Å². The number of halogens is 2. The summed E-state index contributed by atoms with van der Waals surface area (Å²) in [5.41, 5.74) is 5.66. The third kappa shape index (κ3) is 3.13. The van der Waals surface area contributed by atoms with Crippen molar-refractivity contribution < 1.29 is 4.39 Å². The second-order valence-corrected chi connectivity index (χ2v) is 5.71. The molecule has 0 amide bonds. The molecule has 0 aliphatic heterocycles. The SMILES string of the molecule is Cc1cc(C)c(NC(C)c2ccc(F)cc2Cl)c(C)c1. The van der Waals surface area contributed by atoms with Crippen molar-refractivity contribution in [1.29, 1.82) is 0 Å². The summed E-state index contributed by atoms with van der Waals surface area (Å²) in [7, 11) is 0. The van der Waals surface area contributed by atoms with Gasteiger partial charge in [-0.3, -0.25) is 0 Å². The van der Waals surface area contributed by atoms with Gasteiger partial charge in [0.15, 0.2) is 0 Å². The molecule has 0 aliphatic rings. The molecule has 3 heteroatoms. The summed E-state index contributed by atoms with van der Waals surface area (Å²) in [5, 5.41) is 3.93. The summed E-state index contributed by atoms with van der Waals surface area (Å²) in [4.78, 5) is 0. The Labute approximate surface area is 124 Å². The van der Waals surface area contributed by atoms with E-state index in [1.807, 2.05) is 6.92 Å². The van der Waals surface area contributed by atoms with Gasteiger partial charge >= 0.3 is 0 Å². The van der Waals surface area contributed by atoms with Crippen LogP contribution in [0.2, 0.25) is 5.02 Å². The smallest absolute Gasteiger partial charge is 0.124 e. The van der Waals surface area contributed by atoms with E-state index in [1.165, 1.54) is 28.8 Å². The van der Waals surface area contributed by atoms with Crippen molar-refractivity contribution in [1.82, 2.24) is 0 Å². The second-order valence-electron chi connectivity index (χ2n) is 5.31. The van der Waals surface area contributed by atoms with Crippen LogP contribution in [0, 0.1) is 26.6 Å². The van der Waals surface area contributed by atoms with Gasteiger partial charge in [0.2, 0.25) is 0 Å². The minimum absolute atomic E-state index is 0.0169. The van der Waals surface area contributed by atoms with E-state index >= 15 is 0 Å². The molecule has 1 unspecified atom stereocenters. The lowest BCUT2D eigenvalue weighted by atomic mass is 10.0. The first-order chi connectivity index (χ1) is 9.38. The van der Waals surface area contributed by atoms with Crippen LogP contribution < -0.4 is 5.32 Å². The molecule has 0 aromatic heterocycles. The van der Waals surface area contributed by atoms with Gasteiger partial charge in [-0.25, -0.2) is 4.39 Å². The van der Waals surface area contributed by atoms with E-state index in [1.54, 1.807) is 6.07 Å². The summed E-state index contributed by atoms with van der Waals surface area (Å²) in [6.07, 6.45) is 0. The van der Waals surface area contributed by atoms with Crippen LogP contribution in [-0.2, 0) is 0 Å². The lowest BCUT2D eigenvalue weighted by Gasteiger charge is -2.21. The maximum Gasteiger partial charge on any atom is 0.124 e. The predicted octanol–water partition coefficient (Wildman–Crippen LogP) is 5.58. The minimum Gasteiger partial charge on any atom is -0.378 e. The summed E-state index contributed by atoms with van der Waals surface area (Å²) < 4.78 is 13.1. The summed E-state index contributed by atoms with van der Waals surface area (Å²) in [5.74, 6) is -0.311. The van der Waals surface area contributed by atoms with Gasteiger partial charge in [-0.05, 0) is 56.5 Å². The van der Waals surface area contributed by atoms with Crippen LogP contribution in [0.1, 0.15) is 35.2 Å². The van der Waals surface area contributed by atoms with Gasteiger partial charge in [-0.1, -0.05) is 35.4 Å². The number of anilines is 1. The average Bonchev–Trinajstić information content (AvgIpc) is 2.33. The first kappa shape index (κ1) is 14.9. The fraction of sp³-hybridized carbons (Fsp3) is 0.294. The molecule has 106 valence electrons. The van der Waals surface area contributed by atoms with Crippen LogP contribution in [0.25, 0.3) is 0 Å². The molecule has 2 rings (SSSR count). The normalized spacial score (nSPS) is 12.3. The van der Waals surface area contributed by atoms with Crippen molar-refractivity contribution in [3.63, 3.8) is 0 Å². The number of nitrogens with one attached hydrogen (secondary N) is 1. The molecule has 0 saturated carbocycles. The van der Waals surface area contributed by atoms with E-state index in [0.29, 0.717) is 5.02 Å². The summed E-state index contributed by atoms with van der Waals surface area (Å²) in [6.45, 7) is 8.28. The van der Waals surface area contributed by atoms with Crippen molar-refractivity contribution in [2.45, 2.75) is 33.7 Å².